The number of methoxy groups -OCH3 is 1. The molecule has 0 fully saturated rings. The van der Waals surface area contributed by atoms with Crippen molar-refractivity contribution >= 4 is 12.1 Å². The summed E-state index contributed by atoms with van der Waals surface area (Å²) in [5.74, 6) is 0.852. The third kappa shape index (κ3) is 3.29. The van der Waals surface area contributed by atoms with Crippen LogP contribution < -0.4 is 10.2 Å². The van der Waals surface area contributed by atoms with E-state index in [-0.39, 0.29) is 5.69 Å². The molecule has 0 saturated carbocycles. The lowest BCUT2D eigenvalue weighted by Gasteiger charge is -2.02. The van der Waals surface area contributed by atoms with E-state index in [4.69, 9.17) is 9.15 Å². The molecular formula is C16H14N4O3. The lowest BCUT2D eigenvalue weighted by atomic mass is 10.2. The second kappa shape index (κ2) is 6.61. The molecule has 0 radical (unpaired) electrons. The zero-order valence-electron chi connectivity index (χ0n) is 12.3. The molecule has 2 N–H and O–H groups in total. The van der Waals surface area contributed by atoms with Crippen molar-refractivity contribution in [3.8, 4) is 17.2 Å². The molecule has 1 aromatic carbocycles. The summed E-state index contributed by atoms with van der Waals surface area (Å²) in [5.41, 5.74) is 4.01. The molecule has 0 aliphatic heterocycles. The van der Waals surface area contributed by atoms with Crippen molar-refractivity contribution in [2.75, 3.05) is 7.11 Å². The van der Waals surface area contributed by atoms with Gasteiger partial charge in [0.25, 0.3) is 5.91 Å². The molecule has 0 bridgehead atoms. The Morgan fingerprint density at radius 3 is 3.00 bits per heavy atom. The second-order valence-electron chi connectivity index (χ2n) is 4.59. The number of amides is 1. The number of furan rings is 1. The predicted octanol–water partition coefficient (Wildman–Crippen LogP) is 2.44. The number of benzene rings is 1. The fourth-order valence-electron chi connectivity index (χ4n) is 1.99. The van der Waals surface area contributed by atoms with Crippen molar-refractivity contribution in [1.29, 1.82) is 0 Å². The van der Waals surface area contributed by atoms with E-state index >= 15 is 0 Å². The van der Waals surface area contributed by atoms with Gasteiger partial charge in [-0.2, -0.15) is 10.2 Å². The first-order valence-corrected chi connectivity index (χ1v) is 6.83. The highest BCUT2D eigenvalue weighted by Gasteiger charge is 2.12. The maximum Gasteiger partial charge on any atom is 0.291 e. The number of nitrogens with one attached hydrogen (secondary N) is 2. The Kier molecular flexibility index (Phi) is 4.19. The summed E-state index contributed by atoms with van der Waals surface area (Å²) in [6.07, 6.45) is 3.06. The van der Waals surface area contributed by atoms with Crippen molar-refractivity contribution < 1.29 is 13.9 Å². The highest BCUT2D eigenvalue weighted by atomic mass is 16.5. The van der Waals surface area contributed by atoms with E-state index in [0.717, 1.165) is 5.56 Å². The molecule has 23 heavy (non-hydrogen) atoms. The monoisotopic (exact) mass is 310 g/mol. The number of carbonyl (C=O) groups excluding carboxylic acids is 1. The summed E-state index contributed by atoms with van der Waals surface area (Å²) in [6.45, 7) is 0. The van der Waals surface area contributed by atoms with E-state index in [1.54, 1.807) is 31.6 Å². The van der Waals surface area contributed by atoms with Crippen molar-refractivity contribution in [1.82, 2.24) is 15.6 Å². The smallest absolute Gasteiger partial charge is 0.291 e. The van der Waals surface area contributed by atoms with Crippen LogP contribution in [0, 0.1) is 0 Å². The molecular weight excluding hydrogens is 296 g/mol. The van der Waals surface area contributed by atoms with E-state index in [0.29, 0.717) is 17.2 Å². The van der Waals surface area contributed by atoms with E-state index in [2.05, 4.69) is 20.7 Å². The summed E-state index contributed by atoms with van der Waals surface area (Å²) >= 11 is 0. The standard InChI is InChI=1S/C16H14N4O3/c1-22-14-6-3-2-5-11(14)10-17-20-16(21)13-9-12(18-19-13)15-7-4-8-23-15/h2-10H,1H3,(H,18,19)(H,20,21)/b17-10+. The Morgan fingerprint density at radius 1 is 1.35 bits per heavy atom. The van der Waals surface area contributed by atoms with Gasteiger partial charge < -0.3 is 9.15 Å². The number of hydrogen-bond donors (Lipinski definition) is 2. The van der Waals surface area contributed by atoms with Crippen molar-refractivity contribution in [2.45, 2.75) is 0 Å². The van der Waals surface area contributed by atoms with E-state index < -0.39 is 5.91 Å². The maximum atomic E-state index is 12.0. The molecule has 0 saturated heterocycles. The number of para-hydroxylation sites is 1. The topological polar surface area (TPSA) is 92.5 Å². The third-order valence-electron chi connectivity index (χ3n) is 3.11. The van der Waals surface area contributed by atoms with Gasteiger partial charge in [-0.05, 0) is 24.3 Å². The largest absolute Gasteiger partial charge is 0.496 e. The molecule has 2 heterocycles. The van der Waals surface area contributed by atoms with Gasteiger partial charge in [-0.1, -0.05) is 12.1 Å². The SMILES string of the molecule is COc1ccccc1/C=N/NC(=O)c1cc(-c2ccco2)[nH]n1. The number of ether oxygens (including phenoxy) is 1. The molecule has 7 heteroatoms. The lowest BCUT2D eigenvalue weighted by Crippen LogP contribution is -2.18. The Bertz CT molecular complexity index is 821. The minimum Gasteiger partial charge on any atom is -0.496 e. The Balaban J connectivity index is 1.67. The molecule has 3 aromatic rings. The average molecular weight is 310 g/mol. The van der Waals surface area contributed by atoms with Gasteiger partial charge in [0.05, 0.1) is 19.6 Å². The van der Waals surface area contributed by atoms with Crippen LogP contribution in [0.1, 0.15) is 16.1 Å². The van der Waals surface area contributed by atoms with Crippen LogP contribution in [-0.4, -0.2) is 29.4 Å². The van der Waals surface area contributed by atoms with Gasteiger partial charge in [-0.25, -0.2) is 5.43 Å². The molecule has 7 nitrogen and oxygen atoms in total. The Hall–Kier alpha value is -3.35. The van der Waals surface area contributed by atoms with E-state index in [1.807, 2.05) is 24.3 Å². The maximum absolute atomic E-state index is 12.0. The lowest BCUT2D eigenvalue weighted by molar-refractivity contribution is 0.0950. The van der Waals surface area contributed by atoms with Gasteiger partial charge in [0.2, 0.25) is 0 Å². The van der Waals surface area contributed by atoms with Crippen LogP contribution >= 0.6 is 0 Å². The zero-order valence-corrected chi connectivity index (χ0v) is 12.3. The van der Waals surface area contributed by atoms with Crippen LogP contribution in [0.25, 0.3) is 11.5 Å². The molecule has 3 rings (SSSR count). The first-order chi connectivity index (χ1) is 11.3. The number of nitrogens with zero attached hydrogens (tertiary/aromatic N) is 2. The molecule has 0 atom stereocenters. The number of hydrogen-bond acceptors (Lipinski definition) is 5. The zero-order chi connectivity index (χ0) is 16.1. The first kappa shape index (κ1) is 14.6. The van der Waals surface area contributed by atoms with Gasteiger partial charge in [-0.3, -0.25) is 9.89 Å². The van der Waals surface area contributed by atoms with Crippen LogP contribution in [-0.2, 0) is 0 Å². The van der Waals surface area contributed by atoms with Crippen LogP contribution in [0.3, 0.4) is 0 Å². The Labute approximate surface area is 132 Å². The minimum atomic E-state index is -0.426. The van der Waals surface area contributed by atoms with E-state index in [1.165, 1.54) is 6.21 Å². The molecule has 0 spiro atoms. The molecule has 0 aliphatic carbocycles. The fraction of sp³-hybridized carbons (Fsp3) is 0.0625. The number of hydrazone groups is 1. The number of aromatic nitrogens is 2. The predicted molar refractivity (Wildman–Crippen MR) is 84.3 cm³/mol. The summed E-state index contributed by atoms with van der Waals surface area (Å²) in [6, 6.07) is 12.5. The molecule has 116 valence electrons. The van der Waals surface area contributed by atoms with Gasteiger partial charge >= 0.3 is 0 Å². The van der Waals surface area contributed by atoms with Crippen LogP contribution in [0.5, 0.6) is 5.75 Å². The highest BCUT2D eigenvalue weighted by Crippen LogP contribution is 2.17. The number of rotatable bonds is 5. The summed E-state index contributed by atoms with van der Waals surface area (Å²) in [5, 5.41) is 10.6. The van der Waals surface area contributed by atoms with Crippen molar-refractivity contribution in [3.05, 3.63) is 60.0 Å². The van der Waals surface area contributed by atoms with Crippen molar-refractivity contribution in [3.63, 3.8) is 0 Å². The van der Waals surface area contributed by atoms with E-state index in [9.17, 15) is 4.79 Å². The van der Waals surface area contributed by atoms with Crippen molar-refractivity contribution in [2.24, 2.45) is 5.10 Å². The Morgan fingerprint density at radius 2 is 2.22 bits per heavy atom. The van der Waals surface area contributed by atoms with Gasteiger partial charge in [0.1, 0.15) is 11.4 Å². The normalized spacial score (nSPS) is 10.8. The summed E-state index contributed by atoms with van der Waals surface area (Å²) < 4.78 is 10.4. The number of H-pyrrole nitrogens is 1. The third-order valence-corrected chi connectivity index (χ3v) is 3.11. The second-order valence-corrected chi connectivity index (χ2v) is 4.59. The minimum absolute atomic E-state index is 0.216. The quantitative estimate of drug-likeness (QED) is 0.559. The number of aromatic amines is 1. The van der Waals surface area contributed by atoms with Crippen LogP contribution in [0.4, 0.5) is 0 Å². The van der Waals surface area contributed by atoms with Gasteiger partial charge in [0.15, 0.2) is 11.5 Å². The highest BCUT2D eigenvalue weighted by molar-refractivity contribution is 5.94. The first-order valence-electron chi connectivity index (χ1n) is 6.83. The number of carbonyl (C=O) groups is 1. The molecule has 2 aromatic heterocycles. The molecule has 0 aliphatic rings. The van der Waals surface area contributed by atoms with Gasteiger partial charge in [0, 0.05) is 11.6 Å². The fourth-order valence-corrected chi connectivity index (χ4v) is 1.99. The molecule has 1 amide bonds. The summed E-state index contributed by atoms with van der Waals surface area (Å²) in [7, 11) is 1.57. The van der Waals surface area contributed by atoms with Gasteiger partial charge in [-0.15, -0.1) is 0 Å². The van der Waals surface area contributed by atoms with Crippen LogP contribution in [0.2, 0.25) is 0 Å². The van der Waals surface area contributed by atoms with Crippen LogP contribution in [0.15, 0.2) is 58.2 Å². The summed E-state index contributed by atoms with van der Waals surface area (Å²) in [4.78, 5) is 12.0. The average Bonchev–Trinajstić information content (AvgIpc) is 3.26. The molecule has 0 unspecified atom stereocenters.